The molecule has 1 aromatic rings. The van der Waals surface area contributed by atoms with E-state index in [1.807, 2.05) is 26.0 Å². The van der Waals surface area contributed by atoms with Gasteiger partial charge in [-0.2, -0.15) is 0 Å². The molecule has 0 amide bonds. The summed E-state index contributed by atoms with van der Waals surface area (Å²) in [6, 6.07) is 2.12. The zero-order valence-corrected chi connectivity index (χ0v) is 9.31. The lowest BCUT2D eigenvalue weighted by Gasteiger charge is -2.10. The summed E-state index contributed by atoms with van der Waals surface area (Å²) in [6.07, 6.45) is 3.88. The molecular weight excluding hydrogens is 170 g/mol. The zero-order chi connectivity index (χ0) is 10.7. The second kappa shape index (κ2) is 4.17. The maximum Gasteiger partial charge on any atom is 0.0379 e. The fourth-order valence-electron chi connectivity index (χ4n) is 1.61. The minimum Gasteiger partial charge on any atom is -0.398 e. The van der Waals surface area contributed by atoms with E-state index in [4.69, 9.17) is 5.73 Å². The number of anilines is 1. The van der Waals surface area contributed by atoms with Gasteiger partial charge >= 0.3 is 0 Å². The van der Waals surface area contributed by atoms with Crippen LogP contribution in [0.3, 0.4) is 0 Å². The van der Waals surface area contributed by atoms with Crippen molar-refractivity contribution in [3.63, 3.8) is 0 Å². The number of allylic oxidation sites excluding steroid dienone is 1. The first-order chi connectivity index (χ1) is 6.57. The lowest BCUT2D eigenvalue weighted by molar-refractivity contribution is 1.31. The van der Waals surface area contributed by atoms with Crippen molar-refractivity contribution < 1.29 is 0 Å². The number of rotatable bonds is 1. The van der Waals surface area contributed by atoms with E-state index < -0.39 is 0 Å². The van der Waals surface area contributed by atoms with Gasteiger partial charge < -0.3 is 5.73 Å². The molecule has 1 aromatic carbocycles. The van der Waals surface area contributed by atoms with Crippen molar-refractivity contribution in [1.29, 1.82) is 0 Å². The van der Waals surface area contributed by atoms with Crippen molar-refractivity contribution in [2.45, 2.75) is 27.7 Å². The molecule has 0 aromatic heterocycles. The van der Waals surface area contributed by atoms with Crippen LogP contribution in [0.5, 0.6) is 0 Å². The molecule has 0 aliphatic heterocycles. The zero-order valence-electron chi connectivity index (χ0n) is 9.31. The molecule has 0 radical (unpaired) electrons. The van der Waals surface area contributed by atoms with E-state index in [1.165, 1.54) is 11.1 Å². The Morgan fingerprint density at radius 3 is 2.43 bits per heavy atom. The minimum absolute atomic E-state index is 0.889. The van der Waals surface area contributed by atoms with Crippen molar-refractivity contribution in [3.05, 3.63) is 40.1 Å². The maximum absolute atomic E-state index is 5.97. The van der Waals surface area contributed by atoms with E-state index in [9.17, 15) is 0 Å². The number of nitrogen functional groups attached to an aromatic ring is 1. The van der Waals surface area contributed by atoms with Crippen molar-refractivity contribution in [2.24, 2.45) is 0 Å². The van der Waals surface area contributed by atoms with Crippen molar-refractivity contribution in [3.8, 4) is 0 Å². The van der Waals surface area contributed by atoms with Crippen LogP contribution in [0.1, 0.15) is 29.2 Å². The van der Waals surface area contributed by atoms with Gasteiger partial charge in [0, 0.05) is 5.69 Å². The number of benzene rings is 1. The van der Waals surface area contributed by atoms with Gasteiger partial charge in [0.2, 0.25) is 0 Å². The van der Waals surface area contributed by atoms with Crippen molar-refractivity contribution in [2.75, 3.05) is 5.73 Å². The van der Waals surface area contributed by atoms with Gasteiger partial charge in [0.15, 0.2) is 0 Å². The lowest BCUT2D eigenvalue weighted by atomic mass is 9.97. The van der Waals surface area contributed by atoms with Crippen LogP contribution in [0.4, 0.5) is 5.69 Å². The highest BCUT2D eigenvalue weighted by Gasteiger charge is 2.05. The van der Waals surface area contributed by atoms with Crippen LogP contribution in [-0.2, 0) is 0 Å². The van der Waals surface area contributed by atoms with Crippen LogP contribution in [-0.4, -0.2) is 0 Å². The molecule has 14 heavy (non-hydrogen) atoms. The molecule has 74 valence electrons. The standard InChI is InChI=1S/C13H17N/c1-5-6-7-12-9(2)8-10(3)13(14)11(12)4/h5,7-8H,14H2,1-4H3. The van der Waals surface area contributed by atoms with E-state index in [2.05, 4.69) is 25.6 Å². The van der Waals surface area contributed by atoms with Gasteiger partial charge in [-0.15, -0.1) is 5.73 Å². The average Bonchev–Trinajstić information content (AvgIpc) is 2.14. The molecule has 1 rings (SSSR count). The number of aryl methyl sites for hydroxylation is 2. The first-order valence-electron chi connectivity index (χ1n) is 4.81. The number of hydrogen-bond acceptors (Lipinski definition) is 1. The smallest absolute Gasteiger partial charge is 0.0379 e. The number of hydrogen-bond donors (Lipinski definition) is 1. The molecule has 0 aliphatic rings. The molecule has 0 bridgehead atoms. The minimum atomic E-state index is 0.889. The fourth-order valence-corrected chi connectivity index (χ4v) is 1.61. The molecule has 0 heterocycles. The molecule has 1 nitrogen and oxygen atoms in total. The second-order valence-corrected chi connectivity index (χ2v) is 3.56. The van der Waals surface area contributed by atoms with E-state index in [1.54, 1.807) is 0 Å². The second-order valence-electron chi connectivity index (χ2n) is 3.56. The van der Waals surface area contributed by atoms with Crippen molar-refractivity contribution >= 4 is 11.8 Å². The first-order valence-corrected chi connectivity index (χ1v) is 4.81. The maximum atomic E-state index is 5.97. The third kappa shape index (κ3) is 1.89. The molecule has 0 fully saturated rings. The van der Waals surface area contributed by atoms with Crippen LogP contribution < -0.4 is 5.73 Å². The van der Waals surface area contributed by atoms with Crippen LogP contribution >= 0.6 is 0 Å². The summed E-state index contributed by atoms with van der Waals surface area (Å²) in [4.78, 5) is 0. The third-order valence-electron chi connectivity index (χ3n) is 2.49. The Hall–Kier alpha value is -1.46. The Kier molecular flexibility index (Phi) is 3.16. The highest BCUT2D eigenvalue weighted by atomic mass is 14.6. The van der Waals surface area contributed by atoms with Gasteiger partial charge in [0.1, 0.15) is 0 Å². The van der Waals surface area contributed by atoms with Gasteiger partial charge in [-0.1, -0.05) is 6.07 Å². The average molecular weight is 187 g/mol. The monoisotopic (exact) mass is 187 g/mol. The molecular formula is C13H17N. The molecule has 1 heteroatoms. The fraction of sp³-hybridized carbons (Fsp3) is 0.308. The predicted octanol–water partition coefficient (Wildman–Crippen LogP) is 3.38. The van der Waals surface area contributed by atoms with Gasteiger partial charge in [-0.3, -0.25) is 0 Å². The largest absolute Gasteiger partial charge is 0.398 e. The quantitative estimate of drug-likeness (QED) is 0.529. The molecule has 0 spiro atoms. The van der Waals surface area contributed by atoms with E-state index in [-0.39, 0.29) is 0 Å². The Morgan fingerprint density at radius 1 is 1.21 bits per heavy atom. The van der Waals surface area contributed by atoms with Crippen LogP contribution in [0.15, 0.2) is 17.9 Å². The SMILES string of the molecule is CC=C=Cc1c(C)cc(C)c(N)c1C. The summed E-state index contributed by atoms with van der Waals surface area (Å²) < 4.78 is 0. The van der Waals surface area contributed by atoms with Gasteiger partial charge in [0.25, 0.3) is 0 Å². The lowest BCUT2D eigenvalue weighted by Crippen LogP contribution is -1.98. The Morgan fingerprint density at radius 2 is 1.86 bits per heavy atom. The predicted molar refractivity (Wildman–Crippen MR) is 63.3 cm³/mol. The summed E-state index contributed by atoms with van der Waals surface area (Å²) in [7, 11) is 0. The van der Waals surface area contributed by atoms with Gasteiger partial charge in [0.05, 0.1) is 0 Å². The first kappa shape index (κ1) is 10.6. The molecule has 0 aliphatic carbocycles. The van der Waals surface area contributed by atoms with Crippen LogP contribution in [0, 0.1) is 20.8 Å². The topological polar surface area (TPSA) is 26.0 Å². The van der Waals surface area contributed by atoms with Gasteiger partial charge in [-0.25, -0.2) is 0 Å². The molecule has 0 saturated carbocycles. The molecule has 0 unspecified atom stereocenters. The number of nitrogens with two attached hydrogens (primary N) is 1. The molecule has 0 atom stereocenters. The van der Waals surface area contributed by atoms with E-state index in [0.717, 1.165) is 16.8 Å². The van der Waals surface area contributed by atoms with Crippen molar-refractivity contribution in [1.82, 2.24) is 0 Å². The summed E-state index contributed by atoms with van der Waals surface area (Å²) in [5, 5.41) is 0. The Labute approximate surface area is 85.9 Å². The summed E-state index contributed by atoms with van der Waals surface area (Å²) in [5.41, 5.74) is 14.7. The van der Waals surface area contributed by atoms with Crippen LogP contribution in [0.2, 0.25) is 0 Å². The van der Waals surface area contributed by atoms with Gasteiger partial charge in [-0.05, 0) is 62.1 Å². The normalized spacial score (nSPS) is 9.43. The Balaban J connectivity index is 3.44. The summed E-state index contributed by atoms with van der Waals surface area (Å²) >= 11 is 0. The molecule has 2 N–H and O–H groups in total. The highest BCUT2D eigenvalue weighted by Crippen LogP contribution is 2.24. The third-order valence-corrected chi connectivity index (χ3v) is 2.49. The highest BCUT2D eigenvalue weighted by molar-refractivity contribution is 5.67. The summed E-state index contributed by atoms with van der Waals surface area (Å²) in [6.45, 7) is 8.15. The summed E-state index contributed by atoms with van der Waals surface area (Å²) in [5.74, 6) is 0. The van der Waals surface area contributed by atoms with E-state index >= 15 is 0 Å². The van der Waals surface area contributed by atoms with E-state index in [0.29, 0.717) is 0 Å². The molecule has 0 saturated heterocycles. The Bertz CT molecular complexity index is 408. The van der Waals surface area contributed by atoms with Crippen LogP contribution in [0.25, 0.3) is 6.08 Å².